The van der Waals surface area contributed by atoms with Gasteiger partial charge in [-0.25, -0.2) is 13.1 Å². The van der Waals surface area contributed by atoms with E-state index in [4.69, 9.17) is 0 Å². The second-order valence-electron chi connectivity index (χ2n) is 4.76. The number of sulfonamides is 1. The fourth-order valence-corrected chi connectivity index (χ4v) is 5.35. The van der Waals surface area contributed by atoms with Crippen molar-refractivity contribution in [1.82, 2.24) is 9.62 Å². The predicted molar refractivity (Wildman–Crippen MR) is 82.4 cm³/mol. The standard InChI is InChI=1S/C12H17BrN2O3S2/c1-9-8-11(19-12(9)13)20(17,18)14-5-4-10(16)15-6-2-3-7-15/h8,14H,2-7H2,1H3. The molecule has 0 bridgehead atoms. The van der Waals surface area contributed by atoms with E-state index in [1.807, 2.05) is 6.92 Å². The predicted octanol–water partition coefficient (Wildman–Crippen LogP) is 2.11. The molecule has 0 radical (unpaired) electrons. The van der Waals surface area contributed by atoms with Crippen LogP contribution in [-0.2, 0) is 14.8 Å². The second kappa shape index (κ2) is 6.55. The lowest BCUT2D eigenvalue weighted by Gasteiger charge is -2.14. The second-order valence-corrected chi connectivity index (χ2v) is 9.12. The van der Waals surface area contributed by atoms with Crippen molar-refractivity contribution in [3.8, 4) is 0 Å². The number of carbonyl (C=O) groups is 1. The summed E-state index contributed by atoms with van der Waals surface area (Å²) < 4.78 is 27.7. The highest BCUT2D eigenvalue weighted by Gasteiger charge is 2.20. The average molecular weight is 381 g/mol. The molecule has 1 aromatic rings. The highest BCUT2D eigenvalue weighted by Crippen LogP contribution is 2.30. The molecule has 1 aliphatic heterocycles. The summed E-state index contributed by atoms with van der Waals surface area (Å²) in [6.45, 7) is 3.58. The summed E-state index contributed by atoms with van der Waals surface area (Å²) in [5.74, 6) is 0.0220. The van der Waals surface area contributed by atoms with E-state index in [1.165, 1.54) is 11.3 Å². The number of nitrogens with zero attached hydrogens (tertiary/aromatic N) is 1. The molecule has 8 heteroatoms. The van der Waals surface area contributed by atoms with Crippen LogP contribution in [0.3, 0.4) is 0 Å². The minimum Gasteiger partial charge on any atom is -0.343 e. The molecule has 0 aromatic carbocycles. The third-order valence-electron chi connectivity index (χ3n) is 3.19. The van der Waals surface area contributed by atoms with Crippen LogP contribution in [0.5, 0.6) is 0 Å². The van der Waals surface area contributed by atoms with Gasteiger partial charge in [-0.15, -0.1) is 11.3 Å². The number of amides is 1. The molecule has 1 fully saturated rings. The molecular formula is C12H17BrN2O3S2. The zero-order valence-corrected chi connectivity index (χ0v) is 14.4. The van der Waals surface area contributed by atoms with Gasteiger partial charge in [0.2, 0.25) is 15.9 Å². The molecule has 1 aliphatic rings. The van der Waals surface area contributed by atoms with Crippen molar-refractivity contribution < 1.29 is 13.2 Å². The van der Waals surface area contributed by atoms with E-state index in [-0.39, 0.29) is 23.1 Å². The van der Waals surface area contributed by atoms with Crippen LogP contribution in [0.4, 0.5) is 0 Å². The molecule has 1 aromatic heterocycles. The van der Waals surface area contributed by atoms with Gasteiger partial charge in [-0.05, 0) is 47.3 Å². The summed E-state index contributed by atoms with van der Waals surface area (Å²) in [6.07, 6.45) is 2.30. The smallest absolute Gasteiger partial charge is 0.250 e. The van der Waals surface area contributed by atoms with E-state index >= 15 is 0 Å². The first-order valence-electron chi connectivity index (χ1n) is 6.43. The van der Waals surface area contributed by atoms with Crippen molar-refractivity contribution in [2.45, 2.75) is 30.4 Å². The first kappa shape index (κ1) is 15.9. The van der Waals surface area contributed by atoms with Crippen molar-refractivity contribution in [1.29, 1.82) is 0 Å². The molecule has 112 valence electrons. The fourth-order valence-electron chi connectivity index (χ4n) is 2.05. The third-order valence-corrected chi connectivity index (χ3v) is 7.26. The Bertz CT molecular complexity index is 572. The molecule has 0 unspecified atom stereocenters. The van der Waals surface area contributed by atoms with E-state index in [9.17, 15) is 13.2 Å². The summed E-state index contributed by atoms with van der Waals surface area (Å²) in [5.41, 5.74) is 0.892. The Morgan fingerprint density at radius 1 is 1.45 bits per heavy atom. The summed E-state index contributed by atoms with van der Waals surface area (Å²) in [5, 5.41) is 0. The number of rotatable bonds is 5. The number of halogens is 1. The highest BCUT2D eigenvalue weighted by atomic mass is 79.9. The van der Waals surface area contributed by atoms with Crippen LogP contribution < -0.4 is 4.72 Å². The van der Waals surface area contributed by atoms with E-state index in [1.54, 1.807) is 11.0 Å². The first-order chi connectivity index (χ1) is 9.40. The van der Waals surface area contributed by atoms with Crippen LogP contribution in [0, 0.1) is 6.92 Å². The topological polar surface area (TPSA) is 66.5 Å². The fraction of sp³-hybridized carbons (Fsp3) is 0.583. The number of thiophene rings is 1. The summed E-state index contributed by atoms with van der Waals surface area (Å²) in [6, 6.07) is 1.62. The van der Waals surface area contributed by atoms with Gasteiger partial charge in [-0.2, -0.15) is 0 Å². The van der Waals surface area contributed by atoms with E-state index in [0.29, 0.717) is 0 Å². The van der Waals surface area contributed by atoms with Gasteiger partial charge >= 0.3 is 0 Å². The normalized spacial score (nSPS) is 15.8. The van der Waals surface area contributed by atoms with Crippen molar-refractivity contribution in [2.24, 2.45) is 0 Å². The third kappa shape index (κ3) is 3.81. The molecule has 2 rings (SSSR count). The number of hydrogen-bond donors (Lipinski definition) is 1. The maximum Gasteiger partial charge on any atom is 0.250 e. The summed E-state index contributed by atoms with van der Waals surface area (Å²) in [4.78, 5) is 13.6. The van der Waals surface area contributed by atoms with Crippen LogP contribution in [0.25, 0.3) is 0 Å². The Morgan fingerprint density at radius 2 is 2.10 bits per heavy atom. The van der Waals surface area contributed by atoms with Crippen LogP contribution in [0.1, 0.15) is 24.8 Å². The number of carbonyl (C=O) groups excluding carboxylic acids is 1. The lowest BCUT2D eigenvalue weighted by Crippen LogP contribution is -2.32. The Morgan fingerprint density at radius 3 is 2.65 bits per heavy atom. The van der Waals surface area contributed by atoms with Gasteiger partial charge in [-0.1, -0.05) is 0 Å². The van der Waals surface area contributed by atoms with Crippen LogP contribution in [-0.4, -0.2) is 38.9 Å². The number of aryl methyl sites for hydroxylation is 1. The Labute approximate surface area is 131 Å². The summed E-state index contributed by atoms with van der Waals surface area (Å²) >= 11 is 4.49. The molecule has 20 heavy (non-hydrogen) atoms. The molecular weight excluding hydrogens is 364 g/mol. The van der Waals surface area contributed by atoms with Crippen molar-refractivity contribution in [2.75, 3.05) is 19.6 Å². The zero-order valence-electron chi connectivity index (χ0n) is 11.2. The van der Waals surface area contributed by atoms with E-state index in [2.05, 4.69) is 20.7 Å². The lowest BCUT2D eigenvalue weighted by molar-refractivity contribution is -0.129. The van der Waals surface area contributed by atoms with Crippen molar-refractivity contribution in [3.63, 3.8) is 0 Å². The minimum absolute atomic E-state index is 0.0220. The van der Waals surface area contributed by atoms with Gasteiger partial charge in [0.1, 0.15) is 4.21 Å². The van der Waals surface area contributed by atoms with E-state index < -0.39 is 10.0 Å². The molecule has 0 spiro atoms. The molecule has 0 atom stereocenters. The van der Waals surface area contributed by atoms with E-state index in [0.717, 1.165) is 35.3 Å². The van der Waals surface area contributed by atoms with Gasteiger partial charge in [-0.3, -0.25) is 4.79 Å². The maximum absolute atomic E-state index is 12.1. The number of hydrogen-bond acceptors (Lipinski definition) is 4. The van der Waals surface area contributed by atoms with Crippen LogP contribution in [0.15, 0.2) is 14.1 Å². The van der Waals surface area contributed by atoms with Gasteiger partial charge < -0.3 is 4.90 Å². The molecule has 1 amide bonds. The number of nitrogens with one attached hydrogen (secondary N) is 1. The van der Waals surface area contributed by atoms with Crippen LogP contribution >= 0.6 is 27.3 Å². The molecule has 2 heterocycles. The van der Waals surface area contributed by atoms with Crippen LogP contribution in [0.2, 0.25) is 0 Å². The molecule has 5 nitrogen and oxygen atoms in total. The van der Waals surface area contributed by atoms with Gasteiger partial charge in [0, 0.05) is 26.1 Å². The summed E-state index contributed by atoms with van der Waals surface area (Å²) in [7, 11) is -3.51. The SMILES string of the molecule is Cc1cc(S(=O)(=O)NCCC(=O)N2CCCC2)sc1Br. The van der Waals surface area contributed by atoms with Crippen molar-refractivity contribution in [3.05, 3.63) is 15.4 Å². The number of likely N-dealkylation sites (tertiary alicyclic amines) is 1. The van der Waals surface area contributed by atoms with Gasteiger partial charge in [0.05, 0.1) is 3.79 Å². The van der Waals surface area contributed by atoms with Crippen molar-refractivity contribution >= 4 is 43.2 Å². The largest absolute Gasteiger partial charge is 0.343 e. The molecule has 0 saturated carbocycles. The minimum atomic E-state index is -3.51. The molecule has 0 aliphatic carbocycles. The average Bonchev–Trinajstić information content (AvgIpc) is 3.00. The van der Waals surface area contributed by atoms with Gasteiger partial charge in [0.25, 0.3) is 0 Å². The first-order valence-corrected chi connectivity index (χ1v) is 9.53. The zero-order chi connectivity index (χ0) is 14.8. The van der Waals surface area contributed by atoms with Gasteiger partial charge in [0.15, 0.2) is 0 Å². The monoisotopic (exact) mass is 380 g/mol. The maximum atomic E-state index is 12.1. The Hall–Kier alpha value is -0.440. The Kier molecular flexibility index (Phi) is 5.22. The quantitative estimate of drug-likeness (QED) is 0.850. The lowest BCUT2D eigenvalue weighted by atomic mass is 10.4. The molecule has 1 N–H and O–H groups in total. The molecule has 1 saturated heterocycles. The highest BCUT2D eigenvalue weighted by molar-refractivity contribution is 9.11. The Balaban J connectivity index is 1.88.